The first kappa shape index (κ1) is 11.9. The Morgan fingerprint density at radius 1 is 1.41 bits per heavy atom. The lowest BCUT2D eigenvalue weighted by molar-refractivity contribution is 0.0524. The number of carbonyl (C=O) groups excluding carboxylic acids is 1. The topological polar surface area (TPSA) is 47.6 Å². The molecular formula is C13H17NO3. The lowest BCUT2D eigenvalue weighted by Crippen LogP contribution is -2.26. The summed E-state index contributed by atoms with van der Waals surface area (Å²) in [6.07, 6.45) is 0.881. The first-order valence-electron chi connectivity index (χ1n) is 5.84. The maximum Gasteiger partial charge on any atom is 0.338 e. The van der Waals surface area contributed by atoms with Crippen molar-refractivity contribution in [1.29, 1.82) is 0 Å². The van der Waals surface area contributed by atoms with Crippen LogP contribution in [0.4, 0.5) is 0 Å². The first-order valence-corrected chi connectivity index (χ1v) is 5.84. The molecule has 2 rings (SSSR count). The molecule has 0 unspecified atom stereocenters. The van der Waals surface area contributed by atoms with Crippen LogP contribution in [0.2, 0.25) is 0 Å². The fourth-order valence-electron chi connectivity index (χ4n) is 2.17. The summed E-state index contributed by atoms with van der Waals surface area (Å²) in [4.78, 5) is 11.8. The molecular weight excluding hydrogens is 218 g/mol. The number of esters is 1. The monoisotopic (exact) mass is 235 g/mol. The summed E-state index contributed by atoms with van der Waals surface area (Å²) in [5.74, 6) is 0.602. The zero-order chi connectivity index (χ0) is 12.3. The molecule has 0 saturated heterocycles. The molecule has 1 heterocycles. The van der Waals surface area contributed by atoms with Crippen LogP contribution >= 0.6 is 0 Å². The van der Waals surface area contributed by atoms with Gasteiger partial charge in [0.15, 0.2) is 0 Å². The number of fused-ring (bicyclic) bond motifs is 1. The lowest BCUT2D eigenvalue weighted by atomic mass is 9.95. The van der Waals surface area contributed by atoms with Crippen LogP contribution in [0.5, 0.6) is 5.75 Å². The van der Waals surface area contributed by atoms with Gasteiger partial charge in [-0.05, 0) is 37.6 Å². The highest BCUT2D eigenvalue weighted by molar-refractivity contribution is 5.92. The van der Waals surface area contributed by atoms with Crippen molar-refractivity contribution in [2.45, 2.75) is 19.9 Å². The van der Waals surface area contributed by atoms with Crippen LogP contribution in [-0.2, 0) is 17.7 Å². The van der Waals surface area contributed by atoms with Crippen molar-refractivity contribution in [1.82, 2.24) is 5.32 Å². The largest absolute Gasteiger partial charge is 0.496 e. The molecule has 1 aromatic rings. The smallest absolute Gasteiger partial charge is 0.338 e. The van der Waals surface area contributed by atoms with Crippen LogP contribution in [0, 0.1) is 0 Å². The Balaban J connectivity index is 2.43. The van der Waals surface area contributed by atoms with Gasteiger partial charge < -0.3 is 14.8 Å². The molecule has 4 heteroatoms. The Morgan fingerprint density at radius 2 is 2.24 bits per heavy atom. The number of rotatable bonds is 3. The standard InChI is InChI=1S/C13H17NO3/c1-3-17-13(15)10-4-5-12(16-2)9-6-7-14-8-11(9)10/h4-5,14H,3,6-8H2,1-2H3. The Hall–Kier alpha value is -1.55. The van der Waals surface area contributed by atoms with Crippen molar-refractivity contribution in [3.8, 4) is 5.75 Å². The van der Waals surface area contributed by atoms with E-state index in [4.69, 9.17) is 9.47 Å². The normalized spacial score (nSPS) is 14.0. The Labute approximate surface area is 101 Å². The van der Waals surface area contributed by atoms with Crippen LogP contribution in [0.3, 0.4) is 0 Å². The van der Waals surface area contributed by atoms with Gasteiger partial charge in [0.05, 0.1) is 19.3 Å². The zero-order valence-electron chi connectivity index (χ0n) is 10.2. The number of methoxy groups -OCH3 is 1. The Bertz CT molecular complexity index is 429. The highest BCUT2D eigenvalue weighted by Crippen LogP contribution is 2.28. The van der Waals surface area contributed by atoms with Crippen LogP contribution in [-0.4, -0.2) is 26.2 Å². The van der Waals surface area contributed by atoms with Gasteiger partial charge in [-0.3, -0.25) is 0 Å². The minimum absolute atomic E-state index is 0.255. The zero-order valence-corrected chi connectivity index (χ0v) is 10.2. The molecule has 1 N–H and O–H groups in total. The minimum atomic E-state index is -0.255. The molecule has 0 atom stereocenters. The summed E-state index contributed by atoms with van der Waals surface area (Å²) < 4.78 is 10.4. The molecule has 0 amide bonds. The quantitative estimate of drug-likeness (QED) is 0.807. The van der Waals surface area contributed by atoms with Crippen molar-refractivity contribution in [3.05, 3.63) is 28.8 Å². The van der Waals surface area contributed by atoms with Crippen molar-refractivity contribution >= 4 is 5.97 Å². The summed E-state index contributed by atoms with van der Waals surface area (Å²) in [5, 5.41) is 3.27. The second-order valence-corrected chi connectivity index (χ2v) is 3.92. The number of nitrogens with one attached hydrogen (secondary N) is 1. The highest BCUT2D eigenvalue weighted by Gasteiger charge is 2.21. The first-order chi connectivity index (χ1) is 8.27. The molecule has 0 radical (unpaired) electrons. The number of ether oxygens (including phenoxy) is 2. The minimum Gasteiger partial charge on any atom is -0.496 e. The van der Waals surface area contributed by atoms with Gasteiger partial charge in [-0.2, -0.15) is 0 Å². The van der Waals surface area contributed by atoms with Gasteiger partial charge in [0.2, 0.25) is 0 Å². The summed E-state index contributed by atoms with van der Waals surface area (Å²) in [6.45, 7) is 3.81. The van der Waals surface area contributed by atoms with E-state index < -0.39 is 0 Å². The summed E-state index contributed by atoms with van der Waals surface area (Å²) in [5.41, 5.74) is 2.78. The number of hydrogen-bond acceptors (Lipinski definition) is 4. The maximum absolute atomic E-state index is 11.8. The molecule has 0 fully saturated rings. The number of hydrogen-bond donors (Lipinski definition) is 1. The SMILES string of the molecule is CCOC(=O)c1ccc(OC)c2c1CNCC2. The van der Waals surface area contributed by atoms with Crippen LogP contribution < -0.4 is 10.1 Å². The van der Waals surface area contributed by atoms with E-state index in [1.165, 1.54) is 0 Å². The van der Waals surface area contributed by atoms with Crippen LogP contribution in [0.1, 0.15) is 28.4 Å². The lowest BCUT2D eigenvalue weighted by Gasteiger charge is -2.22. The molecule has 0 aliphatic carbocycles. The molecule has 1 aliphatic heterocycles. The van der Waals surface area contributed by atoms with Gasteiger partial charge in [0, 0.05) is 12.1 Å². The Morgan fingerprint density at radius 3 is 2.94 bits per heavy atom. The average Bonchev–Trinajstić information content (AvgIpc) is 2.37. The predicted molar refractivity (Wildman–Crippen MR) is 64.4 cm³/mol. The van der Waals surface area contributed by atoms with E-state index >= 15 is 0 Å². The van der Waals surface area contributed by atoms with E-state index in [0.29, 0.717) is 18.7 Å². The third-order valence-corrected chi connectivity index (χ3v) is 2.96. The molecule has 1 aliphatic rings. The van der Waals surface area contributed by atoms with Crippen molar-refractivity contribution in [3.63, 3.8) is 0 Å². The Kier molecular flexibility index (Phi) is 3.64. The van der Waals surface area contributed by atoms with E-state index in [1.807, 2.05) is 13.0 Å². The molecule has 0 bridgehead atoms. The fraction of sp³-hybridized carbons (Fsp3) is 0.462. The summed E-state index contributed by atoms with van der Waals surface area (Å²) in [7, 11) is 1.65. The second-order valence-electron chi connectivity index (χ2n) is 3.92. The second kappa shape index (κ2) is 5.19. The van der Waals surface area contributed by atoms with Crippen LogP contribution in [0.25, 0.3) is 0 Å². The van der Waals surface area contributed by atoms with Gasteiger partial charge in [0.25, 0.3) is 0 Å². The summed E-state index contributed by atoms with van der Waals surface area (Å²) in [6, 6.07) is 3.62. The van der Waals surface area contributed by atoms with E-state index in [1.54, 1.807) is 13.2 Å². The molecule has 17 heavy (non-hydrogen) atoms. The highest BCUT2D eigenvalue weighted by atomic mass is 16.5. The molecule has 1 aromatic carbocycles. The molecule has 0 aromatic heterocycles. The van der Waals surface area contributed by atoms with E-state index in [9.17, 15) is 4.79 Å². The van der Waals surface area contributed by atoms with E-state index in [-0.39, 0.29) is 5.97 Å². The van der Waals surface area contributed by atoms with E-state index in [0.717, 1.165) is 29.8 Å². The van der Waals surface area contributed by atoms with Crippen molar-refractivity contribution in [2.75, 3.05) is 20.3 Å². The van der Waals surface area contributed by atoms with Gasteiger partial charge in [0.1, 0.15) is 5.75 Å². The predicted octanol–water partition coefficient (Wildman–Crippen LogP) is 1.52. The summed E-state index contributed by atoms with van der Waals surface area (Å²) >= 11 is 0. The van der Waals surface area contributed by atoms with Gasteiger partial charge >= 0.3 is 5.97 Å². The molecule has 0 saturated carbocycles. The molecule has 4 nitrogen and oxygen atoms in total. The van der Waals surface area contributed by atoms with Crippen molar-refractivity contribution < 1.29 is 14.3 Å². The third kappa shape index (κ3) is 2.26. The van der Waals surface area contributed by atoms with Gasteiger partial charge in [-0.15, -0.1) is 0 Å². The third-order valence-electron chi connectivity index (χ3n) is 2.96. The van der Waals surface area contributed by atoms with Crippen LogP contribution in [0.15, 0.2) is 12.1 Å². The van der Waals surface area contributed by atoms with Gasteiger partial charge in [-0.25, -0.2) is 4.79 Å². The van der Waals surface area contributed by atoms with Gasteiger partial charge in [-0.1, -0.05) is 0 Å². The molecule has 0 spiro atoms. The van der Waals surface area contributed by atoms with E-state index in [2.05, 4.69) is 5.32 Å². The molecule has 92 valence electrons. The number of benzene rings is 1. The average molecular weight is 235 g/mol. The fourth-order valence-corrected chi connectivity index (χ4v) is 2.17. The maximum atomic E-state index is 11.8. The number of carbonyl (C=O) groups is 1. The van der Waals surface area contributed by atoms with Crippen molar-refractivity contribution in [2.24, 2.45) is 0 Å².